The molecule has 5 rings (SSSR count). The van der Waals surface area contributed by atoms with Gasteiger partial charge in [0.1, 0.15) is 5.69 Å². The second kappa shape index (κ2) is 7.65. The summed E-state index contributed by atoms with van der Waals surface area (Å²) in [5.41, 5.74) is 4.45. The molecule has 0 radical (unpaired) electrons. The van der Waals surface area contributed by atoms with E-state index in [1.165, 1.54) is 24.8 Å². The standard InChI is InChI=1S/C21H21N3O.C2H6/c25-21-18-10-6-9-16-15-7-2-3-8-17(15)20(19(16)18)22-24(21)14-13-23-11-4-1-5-12-23;1-2/h2-3,6-10H,1,4-5,11-14H2;1-2H3. The Labute approximate surface area is 160 Å². The molecule has 0 atom stereocenters. The van der Waals surface area contributed by atoms with E-state index < -0.39 is 0 Å². The van der Waals surface area contributed by atoms with E-state index in [2.05, 4.69) is 23.1 Å². The van der Waals surface area contributed by atoms with Crippen molar-refractivity contribution in [3.8, 4) is 22.4 Å². The van der Waals surface area contributed by atoms with Crippen molar-refractivity contribution in [2.75, 3.05) is 19.6 Å². The molecule has 0 unspecified atom stereocenters. The lowest BCUT2D eigenvalue weighted by atomic mass is 10.0. The molecule has 0 bridgehead atoms. The smallest absolute Gasteiger partial charge is 0.274 e. The fourth-order valence-corrected chi connectivity index (χ4v) is 4.25. The third kappa shape index (κ3) is 3.08. The lowest BCUT2D eigenvalue weighted by molar-refractivity contribution is 0.217. The molecule has 1 aromatic heterocycles. The Morgan fingerprint density at radius 3 is 2.33 bits per heavy atom. The van der Waals surface area contributed by atoms with Crippen LogP contribution < -0.4 is 5.56 Å². The first-order valence-electron chi connectivity index (χ1n) is 10.2. The van der Waals surface area contributed by atoms with Gasteiger partial charge in [0.05, 0.1) is 11.9 Å². The lowest BCUT2D eigenvalue weighted by Crippen LogP contribution is -2.35. The summed E-state index contributed by atoms with van der Waals surface area (Å²) in [7, 11) is 0. The minimum atomic E-state index is 0.0328. The first kappa shape index (κ1) is 17.9. The van der Waals surface area contributed by atoms with E-state index in [1.807, 2.05) is 38.1 Å². The summed E-state index contributed by atoms with van der Waals surface area (Å²) < 4.78 is 1.68. The maximum atomic E-state index is 13.0. The van der Waals surface area contributed by atoms with Crippen molar-refractivity contribution in [3.63, 3.8) is 0 Å². The van der Waals surface area contributed by atoms with Crippen LogP contribution in [0.3, 0.4) is 0 Å². The zero-order valence-electron chi connectivity index (χ0n) is 16.2. The van der Waals surface area contributed by atoms with Gasteiger partial charge in [-0.05, 0) is 43.1 Å². The number of fused-ring (bicyclic) bond motifs is 3. The van der Waals surface area contributed by atoms with Crippen molar-refractivity contribution in [2.45, 2.75) is 39.7 Å². The molecule has 0 N–H and O–H groups in total. The topological polar surface area (TPSA) is 38.1 Å². The summed E-state index contributed by atoms with van der Waals surface area (Å²) in [6.07, 6.45) is 3.86. The number of hydrogen-bond donors (Lipinski definition) is 0. The average Bonchev–Trinajstić information content (AvgIpc) is 3.07. The monoisotopic (exact) mass is 361 g/mol. The maximum absolute atomic E-state index is 13.0. The van der Waals surface area contributed by atoms with Crippen LogP contribution >= 0.6 is 0 Å². The molecule has 1 aliphatic heterocycles. The Hall–Kier alpha value is -2.46. The minimum Gasteiger partial charge on any atom is -0.301 e. The zero-order chi connectivity index (χ0) is 18.8. The average molecular weight is 361 g/mol. The Morgan fingerprint density at radius 2 is 1.56 bits per heavy atom. The summed E-state index contributed by atoms with van der Waals surface area (Å²) in [6.45, 7) is 7.84. The number of aromatic nitrogens is 2. The molecule has 27 heavy (non-hydrogen) atoms. The van der Waals surface area contributed by atoms with Gasteiger partial charge in [0.15, 0.2) is 0 Å². The molecule has 1 aliphatic carbocycles. The van der Waals surface area contributed by atoms with Crippen molar-refractivity contribution in [1.82, 2.24) is 14.7 Å². The van der Waals surface area contributed by atoms with Crippen LogP contribution in [0.4, 0.5) is 0 Å². The molecule has 0 amide bonds. The molecule has 140 valence electrons. The Kier molecular flexibility index (Phi) is 5.08. The van der Waals surface area contributed by atoms with E-state index in [4.69, 9.17) is 5.10 Å². The normalized spacial score (nSPS) is 15.3. The highest BCUT2D eigenvalue weighted by Crippen LogP contribution is 2.44. The van der Waals surface area contributed by atoms with Crippen LogP contribution in [0.5, 0.6) is 0 Å². The number of piperidine rings is 1. The van der Waals surface area contributed by atoms with Crippen molar-refractivity contribution in [2.24, 2.45) is 0 Å². The lowest BCUT2D eigenvalue weighted by Gasteiger charge is -2.26. The van der Waals surface area contributed by atoms with Gasteiger partial charge in [0.25, 0.3) is 5.56 Å². The van der Waals surface area contributed by atoms with Crippen LogP contribution in [0.25, 0.3) is 33.2 Å². The SMILES string of the molecule is CC.O=c1c2cccc3c2c(nn1CCN1CCCCC1)-c1ccccc1-3. The van der Waals surface area contributed by atoms with Gasteiger partial charge in [-0.1, -0.05) is 56.7 Å². The number of rotatable bonds is 3. The van der Waals surface area contributed by atoms with Gasteiger partial charge in [0, 0.05) is 17.5 Å². The molecular formula is C23H27N3O. The summed E-state index contributed by atoms with van der Waals surface area (Å²) in [4.78, 5) is 15.4. The number of likely N-dealkylation sites (tertiary alicyclic amines) is 1. The van der Waals surface area contributed by atoms with E-state index in [0.717, 1.165) is 47.2 Å². The van der Waals surface area contributed by atoms with Crippen LogP contribution in [0.2, 0.25) is 0 Å². The second-order valence-corrected chi connectivity index (χ2v) is 7.05. The largest absolute Gasteiger partial charge is 0.301 e. The van der Waals surface area contributed by atoms with Crippen LogP contribution in [-0.2, 0) is 6.54 Å². The zero-order valence-corrected chi connectivity index (χ0v) is 16.2. The highest BCUT2D eigenvalue weighted by molar-refractivity contribution is 6.13. The molecule has 0 saturated carbocycles. The second-order valence-electron chi connectivity index (χ2n) is 7.05. The van der Waals surface area contributed by atoms with Crippen molar-refractivity contribution >= 4 is 10.8 Å². The predicted octanol–water partition coefficient (Wildman–Crippen LogP) is 4.56. The fourth-order valence-electron chi connectivity index (χ4n) is 4.25. The van der Waals surface area contributed by atoms with Crippen LogP contribution in [0.15, 0.2) is 47.3 Å². The van der Waals surface area contributed by atoms with Gasteiger partial charge in [-0.2, -0.15) is 5.10 Å². The molecule has 2 aliphatic rings. The van der Waals surface area contributed by atoms with Gasteiger partial charge in [-0.3, -0.25) is 4.79 Å². The molecule has 3 aromatic rings. The molecule has 1 saturated heterocycles. The third-order valence-electron chi connectivity index (χ3n) is 5.54. The van der Waals surface area contributed by atoms with Gasteiger partial charge in [-0.15, -0.1) is 0 Å². The summed E-state index contributed by atoms with van der Waals surface area (Å²) in [5.74, 6) is 0. The number of benzene rings is 2. The van der Waals surface area contributed by atoms with E-state index in [-0.39, 0.29) is 5.56 Å². The molecule has 4 heteroatoms. The summed E-state index contributed by atoms with van der Waals surface area (Å²) in [6, 6.07) is 14.3. The number of hydrogen-bond acceptors (Lipinski definition) is 3. The van der Waals surface area contributed by atoms with E-state index in [1.54, 1.807) is 4.68 Å². The molecule has 0 spiro atoms. The van der Waals surface area contributed by atoms with Crippen LogP contribution in [0, 0.1) is 0 Å². The maximum Gasteiger partial charge on any atom is 0.274 e. The van der Waals surface area contributed by atoms with Crippen molar-refractivity contribution in [1.29, 1.82) is 0 Å². The van der Waals surface area contributed by atoms with E-state index in [9.17, 15) is 4.79 Å². The molecule has 2 heterocycles. The highest BCUT2D eigenvalue weighted by atomic mass is 16.1. The van der Waals surface area contributed by atoms with Crippen LogP contribution in [-0.4, -0.2) is 34.3 Å². The molecular weight excluding hydrogens is 334 g/mol. The minimum absolute atomic E-state index is 0.0328. The fraction of sp³-hybridized carbons (Fsp3) is 0.391. The van der Waals surface area contributed by atoms with Crippen LogP contribution in [0.1, 0.15) is 33.1 Å². The first-order chi connectivity index (χ1) is 13.3. The van der Waals surface area contributed by atoms with E-state index >= 15 is 0 Å². The highest BCUT2D eigenvalue weighted by Gasteiger charge is 2.24. The number of nitrogens with zero attached hydrogens (tertiary/aromatic N) is 3. The van der Waals surface area contributed by atoms with Gasteiger partial charge >= 0.3 is 0 Å². The Bertz CT molecular complexity index is 1020. The van der Waals surface area contributed by atoms with Crippen molar-refractivity contribution in [3.05, 3.63) is 52.8 Å². The van der Waals surface area contributed by atoms with Gasteiger partial charge in [-0.25, -0.2) is 4.68 Å². The Morgan fingerprint density at radius 1 is 0.852 bits per heavy atom. The summed E-state index contributed by atoms with van der Waals surface area (Å²) in [5, 5.41) is 6.58. The molecule has 1 fully saturated rings. The predicted molar refractivity (Wildman–Crippen MR) is 112 cm³/mol. The Balaban J connectivity index is 0.000000872. The van der Waals surface area contributed by atoms with E-state index in [0.29, 0.717) is 6.54 Å². The summed E-state index contributed by atoms with van der Waals surface area (Å²) >= 11 is 0. The van der Waals surface area contributed by atoms with Gasteiger partial charge in [0.2, 0.25) is 0 Å². The van der Waals surface area contributed by atoms with Crippen molar-refractivity contribution < 1.29 is 0 Å². The molecule has 4 nitrogen and oxygen atoms in total. The first-order valence-corrected chi connectivity index (χ1v) is 10.2. The van der Waals surface area contributed by atoms with Gasteiger partial charge < -0.3 is 4.90 Å². The molecule has 2 aromatic carbocycles. The quantitative estimate of drug-likeness (QED) is 0.537. The third-order valence-corrected chi connectivity index (χ3v) is 5.54.